The summed E-state index contributed by atoms with van der Waals surface area (Å²) in [6, 6.07) is 20.8. The standard InChI is InChI=1S/C12H10.2BrH.Sn/c1-3-7-11(8-4-1)12-9-5-2-6-10-12;;;/h1-10H;2*1H;/q;;;+2/p-2. The molecule has 0 spiro atoms. The molecule has 15 heavy (non-hydrogen) atoms. The summed E-state index contributed by atoms with van der Waals surface area (Å²) in [4.78, 5) is 0. The van der Waals surface area contributed by atoms with Gasteiger partial charge in [0.05, 0.1) is 0 Å². The van der Waals surface area contributed by atoms with Gasteiger partial charge in [0, 0.05) is 0 Å². The van der Waals surface area contributed by atoms with Gasteiger partial charge in [0.1, 0.15) is 0 Å². The van der Waals surface area contributed by atoms with Crippen LogP contribution in [0.1, 0.15) is 0 Å². The number of hydrogen-bond donors (Lipinski definition) is 0. The van der Waals surface area contributed by atoms with Gasteiger partial charge in [-0.15, -0.1) is 0 Å². The van der Waals surface area contributed by atoms with Crippen LogP contribution in [0.25, 0.3) is 11.1 Å². The molecule has 0 aromatic heterocycles. The zero-order chi connectivity index (χ0) is 10.9. The molecule has 0 N–H and O–H groups in total. The van der Waals surface area contributed by atoms with Crippen molar-refractivity contribution in [2.24, 2.45) is 0 Å². The minimum absolute atomic E-state index is 0.145. The van der Waals surface area contributed by atoms with E-state index in [9.17, 15) is 0 Å². The van der Waals surface area contributed by atoms with Gasteiger partial charge in [0.25, 0.3) is 0 Å². The van der Waals surface area contributed by atoms with Crippen molar-refractivity contribution in [1.29, 1.82) is 0 Å². The van der Waals surface area contributed by atoms with Crippen molar-refractivity contribution in [2.45, 2.75) is 0 Å². The van der Waals surface area contributed by atoms with E-state index < -0.39 is 0 Å². The van der Waals surface area contributed by atoms with E-state index >= 15 is 0 Å². The number of rotatable bonds is 1. The molecule has 2 aromatic carbocycles. The van der Waals surface area contributed by atoms with Crippen LogP contribution in [-0.2, 0) is 0 Å². The Morgan fingerprint density at radius 1 is 0.600 bits per heavy atom. The average Bonchev–Trinajstić information content (AvgIpc) is 2.32. The Hall–Kier alpha value is 0.199. The first-order valence-electron chi connectivity index (χ1n) is 4.45. The van der Waals surface area contributed by atoms with E-state index in [-0.39, 0.29) is 16.7 Å². The molecule has 0 saturated heterocycles. The number of halogens is 2. The molecule has 0 saturated carbocycles. The summed E-state index contributed by atoms with van der Waals surface area (Å²) >= 11 is 6.32. The maximum atomic E-state index is 3.23. The second-order valence-corrected chi connectivity index (χ2v) is 15.7. The quantitative estimate of drug-likeness (QED) is 0.575. The van der Waals surface area contributed by atoms with E-state index in [1.807, 2.05) is 12.1 Å². The number of benzene rings is 2. The predicted molar refractivity (Wildman–Crippen MR) is 75.5 cm³/mol. The van der Waals surface area contributed by atoms with Crippen LogP contribution >= 0.6 is 25.4 Å². The summed E-state index contributed by atoms with van der Waals surface area (Å²) in [7, 11) is 0. The van der Waals surface area contributed by atoms with Gasteiger partial charge >= 0.3 is 42.1 Å². The Kier molecular flexibility index (Phi) is 7.39. The minimum atomic E-state index is -0.145. The Morgan fingerprint density at radius 3 is 1.13 bits per heavy atom. The Labute approximate surface area is 113 Å². The van der Waals surface area contributed by atoms with Crippen LogP contribution in [0.5, 0.6) is 0 Å². The summed E-state index contributed by atoms with van der Waals surface area (Å²) in [6.45, 7) is 0. The van der Waals surface area contributed by atoms with Crippen molar-refractivity contribution < 1.29 is 0 Å². The van der Waals surface area contributed by atoms with Gasteiger partial charge in [-0.2, -0.15) is 0 Å². The van der Waals surface area contributed by atoms with E-state index in [0.717, 1.165) is 0 Å². The molecule has 0 fully saturated rings. The third-order valence-electron chi connectivity index (χ3n) is 1.88. The molecule has 0 unspecified atom stereocenters. The largest absolute Gasteiger partial charge is 0.0622 e. The van der Waals surface area contributed by atoms with Crippen LogP contribution in [0.2, 0.25) is 0 Å². The summed E-state index contributed by atoms with van der Waals surface area (Å²) in [5, 5.41) is 0. The van der Waals surface area contributed by atoms with Crippen molar-refractivity contribution in [3.8, 4) is 11.1 Å². The van der Waals surface area contributed by atoms with E-state index in [4.69, 9.17) is 0 Å². The minimum Gasteiger partial charge on any atom is -0.0622 e. The van der Waals surface area contributed by atoms with Crippen LogP contribution in [0.4, 0.5) is 0 Å². The Bertz CT molecular complexity index is 324. The molecular formula is C12H10Br2Sn. The third-order valence-corrected chi connectivity index (χ3v) is 1.88. The molecule has 0 aliphatic heterocycles. The summed E-state index contributed by atoms with van der Waals surface area (Å²) in [6.07, 6.45) is 0. The fraction of sp³-hybridized carbons (Fsp3) is 0. The van der Waals surface area contributed by atoms with Gasteiger partial charge in [-0.3, -0.25) is 0 Å². The first kappa shape index (κ1) is 13.3. The molecular weight excluding hydrogens is 423 g/mol. The van der Waals surface area contributed by atoms with Gasteiger partial charge in [0.2, 0.25) is 0 Å². The van der Waals surface area contributed by atoms with Gasteiger partial charge in [0.15, 0.2) is 0 Å². The fourth-order valence-electron chi connectivity index (χ4n) is 1.26. The molecule has 0 aliphatic carbocycles. The monoisotopic (exact) mass is 432 g/mol. The predicted octanol–water partition coefficient (Wildman–Crippen LogP) is 4.66. The van der Waals surface area contributed by atoms with Crippen molar-refractivity contribution >= 4 is 42.1 Å². The van der Waals surface area contributed by atoms with Crippen LogP contribution < -0.4 is 0 Å². The maximum Gasteiger partial charge on any atom is -0.0184 e. The van der Waals surface area contributed by atoms with Gasteiger partial charge in [-0.05, 0) is 11.1 Å². The smallest absolute Gasteiger partial charge is 0.0184 e. The molecule has 0 nitrogen and oxygen atoms in total. The molecule has 0 bridgehead atoms. The number of hydrogen-bond acceptors (Lipinski definition) is 0. The second-order valence-electron chi connectivity index (χ2n) is 2.80. The molecule has 0 aliphatic rings. The van der Waals surface area contributed by atoms with E-state index in [1.165, 1.54) is 11.1 Å². The molecule has 2 radical (unpaired) electrons. The maximum absolute atomic E-state index is 3.23. The summed E-state index contributed by atoms with van der Waals surface area (Å²) in [5.74, 6) is 0. The van der Waals surface area contributed by atoms with Crippen LogP contribution in [0.3, 0.4) is 0 Å². The van der Waals surface area contributed by atoms with E-state index in [1.54, 1.807) is 0 Å². The first-order chi connectivity index (χ1) is 7.38. The zero-order valence-corrected chi connectivity index (χ0v) is 14.1. The summed E-state index contributed by atoms with van der Waals surface area (Å²) in [5.41, 5.74) is 2.55. The average molecular weight is 433 g/mol. The van der Waals surface area contributed by atoms with Gasteiger partial charge in [-0.25, -0.2) is 0 Å². The Morgan fingerprint density at radius 2 is 0.867 bits per heavy atom. The third kappa shape index (κ3) is 5.18. The molecule has 76 valence electrons. The van der Waals surface area contributed by atoms with Crippen molar-refractivity contribution in [2.75, 3.05) is 0 Å². The van der Waals surface area contributed by atoms with Crippen LogP contribution in [0, 0.1) is 0 Å². The Balaban J connectivity index is 0.000000337. The van der Waals surface area contributed by atoms with Crippen LogP contribution in [0.15, 0.2) is 60.7 Å². The van der Waals surface area contributed by atoms with Crippen LogP contribution in [-0.4, -0.2) is 16.7 Å². The molecule has 3 heteroatoms. The molecule has 0 heterocycles. The fourth-order valence-corrected chi connectivity index (χ4v) is 1.26. The van der Waals surface area contributed by atoms with Crippen molar-refractivity contribution in [3.63, 3.8) is 0 Å². The SMILES string of the molecule is [Br][Sn][Br].c1ccc(-c2ccccc2)cc1. The topological polar surface area (TPSA) is 0 Å². The van der Waals surface area contributed by atoms with Gasteiger partial charge in [-0.1, -0.05) is 60.7 Å². The molecule has 2 rings (SSSR count). The molecule has 2 aromatic rings. The van der Waals surface area contributed by atoms with Gasteiger partial charge < -0.3 is 0 Å². The van der Waals surface area contributed by atoms with Crippen molar-refractivity contribution in [3.05, 3.63) is 60.7 Å². The molecule has 0 amide bonds. The van der Waals surface area contributed by atoms with E-state index in [0.29, 0.717) is 0 Å². The normalized spacial score (nSPS) is 8.93. The zero-order valence-electron chi connectivity index (χ0n) is 8.03. The summed E-state index contributed by atoms with van der Waals surface area (Å²) < 4.78 is 0. The first-order valence-corrected chi connectivity index (χ1v) is 17.2. The second kappa shape index (κ2) is 8.36. The molecule has 0 atom stereocenters. The van der Waals surface area contributed by atoms with E-state index in [2.05, 4.69) is 73.9 Å². The van der Waals surface area contributed by atoms with Crippen molar-refractivity contribution in [1.82, 2.24) is 0 Å².